The Labute approximate surface area is 153 Å². The van der Waals surface area contributed by atoms with Crippen molar-refractivity contribution in [2.45, 2.75) is 33.4 Å². The molecule has 9 heteroatoms. The monoisotopic (exact) mass is 388 g/mol. The van der Waals surface area contributed by atoms with E-state index in [0.717, 1.165) is 6.08 Å². The number of hydrogen-bond donors (Lipinski definition) is 0. The smallest absolute Gasteiger partial charge is 0.345 e. The number of carbonyl (C=O) groups excluding carboxylic acids is 2. The maximum atomic E-state index is 13.3. The first kappa shape index (κ1) is 22.2. The molecule has 0 aliphatic carbocycles. The Balaban J connectivity index is 3.37. The summed E-state index contributed by atoms with van der Waals surface area (Å²) in [5, 5.41) is 0. The second-order valence-electron chi connectivity index (χ2n) is 4.85. The summed E-state index contributed by atoms with van der Waals surface area (Å²) >= 11 is 0. The molecule has 0 aromatic carbocycles. The van der Waals surface area contributed by atoms with Crippen LogP contribution < -0.4 is 0 Å². The summed E-state index contributed by atoms with van der Waals surface area (Å²) in [6, 6.07) is 1.40. The van der Waals surface area contributed by atoms with Crippen molar-refractivity contribution in [3.05, 3.63) is 35.8 Å². The van der Waals surface area contributed by atoms with Crippen molar-refractivity contribution >= 4 is 19.5 Å². The number of esters is 2. The van der Waals surface area contributed by atoms with Crippen molar-refractivity contribution in [3.8, 4) is 0 Å². The molecule has 0 fully saturated rings. The molecule has 0 bridgehead atoms. The summed E-state index contributed by atoms with van der Waals surface area (Å²) in [6.07, 6.45) is 3.68. The average Bonchev–Trinajstić information content (AvgIpc) is 3.05. The van der Waals surface area contributed by atoms with Gasteiger partial charge in [-0.15, -0.1) is 0 Å². The molecule has 0 aliphatic heterocycles. The highest BCUT2D eigenvalue weighted by Gasteiger charge is 2.40. The second kappa shape index (κ2) is 11.0. The molecule has 1 unspecified atom stereocenters. The van der Waals surface area contributed by atoms with Gasteiger partial charge in [0.25, 0.3) is 0 Å². The third kappa shape index (κ3) is 5.83. The van der Waals surface area contributed by atoms with Crippen LogP contribution in [0.1, 0.15) is 49.5 Å². The van der Waals surface area contributed by atoms with Gasteiger partial charge in [0.1, 0.15) is 17.0 Å². The molecule has 0 amide bonds. The van der Waals surface area contributed by atoms with Crippen molar-refractivity contribution in [2.24, 2.45) is 0 Å². The molecule has 0 radical (unpaired) electrons. The van der Waals surface area contributed by atoms with Crippen molar-refractivity contribution in [1.29, 1.82) is 0 Å². The van der Waals surface area contributed by atoms with E-state index in [4.69, 9.17) is 22.9 Å². The van der Waals surface area contributed by atoms with Gasteiger partial charge in [-0.3, -0.25) is 4.57 Å². The van der Waals surface area contributed by atoms with Crippen LogP contribution in [0.25, 0.3) is 0 Å². The minimum Gasteiger partial charge on any atom is -0.467 e. The molecule has 1 aromatic rings. The van der Waals surface area contributed by atoms with Crippen LogP contribution in [0, 0.1) is 0 Å². The zero-order valence-electron chi connectivity index (χ0n) is 15.4. The molecule has 0 N–H and O–H groups in total. The van der Waals surface area contributed by atoms with Crippen molar-refractivity contribution in [3.63, 3.8) is 0 Å². The number of carbonyl (C=O) groups is 2. The molecule has 0 aliphatic rings. The van der Waals surface area contributed by atoms with E-state index in [1.807, 2.05) is 0 Å². The predicted molar refractivity (Wildman–Crippen MR) is 94.0 cm³/mol. The van der Waals surface area contributed by atoms with Gasteiger partial charge in [0.2, 0.25) is 0 Å². The molecule has 146 valence electrons. The second-order valence-corrected chi connectivity index (χ2v) is 7.00. The summed E-state index contributed by atoms with van der Waals surface area (Å²) in [6.45, 7) is 7.23. The zero-order chi connectivity index (χ0) is 19.6. The number of hydrogen-bond acceptors (Lipinski definition) is 8. The summed E-state index contributed by atoms with van der Waals surface area (Å²) in [4.78, 5) is 23.8. The Bertz CT molecular complexity index is 653. The summed E-state index contributed by atoms with van der Waals surface area (Å²) in [7, 11) is -3.78. The van der Waals surface area contributed by atoms with Gasteiger partial charge in [-0.05, 0) is 33.8 Å². The van der Waals surface area contributed by atoms with Gasteiger partial charge in [0.05, 0.1) is 32.7 Å². The first-order chi connectivity index (χ1) is 12.4. The lowest BCUT2D eigenvalue weighted by molar-refractivity contribution is -0.137. The van der Waals surface area contributed by atoms with Crippen molar-refractivity contribution in [1.82, 2.24) is 0 Å². The number of ether oxygens (including phenoxy) is 2. The Morgan fingerprint density at radius 2 is 1.69 bits per heavy atom. The fraction of sp³-hybridized carbons (Fsp3) is 0.529. The van der Waals surface area contributed by atoms with Crippen LogP contribution in [0.2, 0.25) is 0 Å². The molecule has 1 rings (SSSR count). The van der Waals surface area contributed by atoms with Gasteiger partial charge in [0, 0.05) is 6.08 Å². The highest BCUT2D eigenvalue weighted by atomic mass is 31.2. The molecular weight excluding hydrogens is 363 g/mol. The largest absolute Gasteiger partial charge is 0.467 e. The lowest BCUT2D eigenvalue weighted by atomic mass is 10.2. The molecule has 8 nitrogen and oxygen atoms in total. The number of furan rings is 1. The maximum absolute atomic E-state index is 13.3. The Morgan fingerprint density at radius 1 is 1.08 bits per heavy atom. The van der Waals surface area contributed by atoms with E-state index >= 15 is 0 Å². The fourth-order valence-corrected chi connectivity index (χ4v) is 4.08. The van der Waals surface area contributed by atoms with Gasteiger partial charge >= 0.3 is 19.5 Å². The van der Waals surface area contributed by atoms with Crippen LogP contribution in [-0.2, 0) is 27.9 Å². The number of allylic oxidation sites excluding steroid dienone is 1. The molecule has 0 saturated carbocycles. The lowest BCUT2D eigenvalue weighted by Crippen LogP contribution is -2.11. The van der Waals surface area contributed by atoms with Crippen LogP contribution in [0.4, 0.5) is 0 Å². The minimum absolute atomic E-state index is 0.0363. The van der Waals surface area contributed by atoms with Crippen LogP contribution in [-0.4, -0.2) is 38.4 Å². The van der Waals surface area contributed by atoms with Crippen LogP contribution in [0.5, 0.6) is 0 Å². The number of rotatable bonds is 11. The molecule has 0 spiro atoms. The van der Waals surface area contributed by atoms with Gasteiger partial charge in [-0.1, -0.05) is 6.08 Å². The van der Waals surface area contributed by atoms with E-state index in [2.05, 4.69) is 0 Å². The molecule has 26 heavy (non-hydrogen) atoms. The normalized spacial score (nSPS) is 12.9. The quantitative estimate of drug-likeness (QED) is 0.320. The first-order valence-corrected chi connectivity index (χ1v) is 10.0. The third-order valence-corrected chi connectivity index (χ3v) is 5.44. The van der Waals surface area contributed by atoms with E-state index in [1.54, 1.807) is 27.7 Å². The summed E-state index contributed by atoms with van der Waals surface area (Å²) in [5.74, 6) is -1.22. The van der Waals surface area contributed by atoms with Crippen molar-refractivity contribution < 1.29 is 37.1 Å². The molecule has 1 aromatic heterocycles. The topological polar surface area (TPSA) is 101 Å². The first-order valence-electron chi connectivity index (χ1n) is 8.41. The van der Waals surface area contributed by atoms with Crippen LogP contribution in [0.15, 0.2) is 28.9 Å². The Morgan fingerprint density at radius 3 is 2.23 bits per heavy atom. The van der Waals surface area contributed by atoms with Gasteiger partial charge in [0.15, 0.2) is 0 Å². The Hall–Kier alpha value is -1.89. The zero-order valence-corrected chi connectivity index (χ0v) is 16.3. The van der Waals surface area contributed by atoms with E-state index in [9.17, 15) is 14.2 Å². The van der Waals surface area contributed by atoms with E-state index in [-0.39, 0.29) is 37.8 Å². The fourth-order valence-electron chi connectivity index (χ4n) is 2.18. The predicted octanol–water partition coefficient (Wildman–Crippen LogP) is 3.88. The molecule has 1 atom stereocenters. The highest BCUT2D eigenvalue weighted by molar-refractivity contribution is 7.54. The van der Waals surface area contributed by atoms with Gasteiger partial charge in [-0.2, -0.15) is 0 Å². The standard InChI is InChI=1S/C17H25O8P/c1-5-21-15(18)10-9-14(26(20,24-7-3)25-8-4)16-13(11-12-23-16)17(19)22-6-2/h9-12,14H,5-8H2,1-4H3/b10-9+. The van der Waals surface area contributed by atoms with Gasteiger partial charge < -0.3 is 22.9 Å². The van der Waals surface area contributed by atoms with Crippen LogP contribution >= 0.6 is 7.60 Å². The van der Waals surface area contributed by atoms with E-state index < -0.39 is 25.2 Å². The SMILES string of the molecule is CCOC(=O)/C=C/C(c1occc1C(=O)OCC)P(=O)(OCC)OCC. The maximum Gasteiger partial charge on any atom is 0.345 e. The van der Waals surface area contributed by atoms with Crippen LogP contribution in [0.3, 0.4) is 0 Å². The highest BCUT2D eigenvalue weighted by Crippen LogP contribution is 2.62. The minimum atomic E-state index is -3.78. The van der Waals surface area contributed by atoms with E-state index in [0.29, 0.717) is 0 Å². The molecular formula is C17H25O8P. The van der Waals surface area contributed by atoms with Gasteiger partial charge in [-0.25, -0.2) is 9.59 Å². The molecule has 1 heterocycles. The van der Waals surface area contributed by atoms with E-state index in [1.165, 1.54) is 18.4 Å². The summed E-state index contributed by atoms with van der Waals surface area (Å²) in [5.41, 5.74) is -1.02. The third-order valence-electron chi connectivity index (χ3n) is 3.12. The molecule has 0 saturated heterocycles. The average molecular weight is 388 g/mol. The summed E-state index contributed by atoms with van der Waals surface area (Å²) < 4.78 is 39.2. The van der Waals surface area contributed by atoms with Crippen molar-refractivity contribution in [2.75, 3.05) is 26.4 Å². The lowest BCUT2D eigenvalue weighted by Gasteiger charge is -2.23. The Kier molecular flexibility index (Phi) is 9.34.